The number of rotatable bonds is 4. The highest BCUT2D eigenvalue weighted by atomic mass is 16.5. The molecular weight excluding hydrogens is 354 g/mol. The van der Waals surface area contributed by atoms with E-state index < -0.39 is 0 Å². The second-order valence-electron chi connectivity index (χ2n) is 7.60. The Labute approximate surface area is 166 Å². The Morgan fingerprint density at radius 1 is 1.07 bits per heavy atom. The SMILES string of the molecule is COc1cc2c(NC3CCNCC3)nc(N3CCCCNCC3)nc2cc1N. The Kier molecular flexibility index (Phi) is 5.97. The van der Waals surface area contributed by atoms with Crippen LogP contribution in [0.4, 0.5) is 17.5 Å². The Bertz CT molecular complexity index is 799. The molecule has 2 saturated heterocycles. The summed E-state index contributed by atoms with van der Waals surface area (Å²) in [5.74, 6) is 2.31. The van der Waals surface area contributed by atoms with E-state index >= 15 is 0 Å². The minimum absolute atomic E-state index is 0.407. The Morgan fingerprint density at radius 2 is 1.89 bits per heavy atom. The van der Waals surface area contributed by atoms with Gasteiger partial charge in [0.2, 0.25) is 5.95 Å². The summed E-state index contributed by atoms with van der Waals surface area (Å²) in [6.07, 6.45) is 4.48. The molecule has 28 heavy (non-hydrogen) atoms. The van der Waals surface area contributed by atoms with Gasteiger partial charge in [0.15, 0.2) is 0 Å². The van der Waals surface area contributed by atoms with Crippen molar-refractivity contribution in [2.75, 3.05) is 62.3 Å². The van der Waals surface area contributed by atoms with Crippen LogP contribution in [0.5, 0.6) is 5.75 Å². The molecule has 0 aliphatic carbocycles. The molecule has 0 spiro atoms. The van der Waals surface area contributed by atoms with Gasteiger partial charge in [-0.3, -0.25) is 0 Å². The molecule has 8 heteroatoms. The van der Waals surface area contributed by atoms with Gasteiger partial charge in [0.25, 0.3) is 0 Å². The van der Waals surface area contributed by atoms with Crippen molar-refractivity contribution in [2.45, 2.75) is 31.7 Å². The number of methoxy groups -OCH3 is 1. The van der Waals surface area contributed by atoms with E-state index in [1.165, 1.54) is 6.42 Å². The van der Waals surface area contributed by atoms with E-state index in [-0.39, 0.29) is 0 Å². The standard InChI is InChI=1S/C20H31N7O/c1-28-18-12-15-17(13-16(18)21)25-20(27-10-3-2-6-22-9-11-27)26-19(15)24-14-4-7-23-8-5-14/h12-14,22-23H,2-11,21H2,1H3,(H,24,25,26). The van der Waals surface area contributed by atoms with Gasteiger partial charge < -0.3 is 31.3 Å². The molecule has 0 unspecified atom stereocenters. The van der Waals surface area contributed by atoms with Gasteiger partial charge in [-0.15, -0.1) is 0 Å². The summed E-state index contributed by atoms with van der Waals surface area (Å²) in [6, 6.07) is 4.26. The molecule has 4 rings (SSSR count). The molecule has 152 valence electrons. The van der Waals surface area contributed by atoms with Crippen molar-refractivity contribution in [1.82, 2.24) is 20.6 Å². The van der Waals surface area contributed by atoms with E-state index in [0.29, 0.717) is 17.5 Å². The zero-order chi connectivity index (χ0) is 19.3. The van der Waals surface area contributed by atoms with Crippen molar-refractivity contribution >= 4 is 28.4 Å². The molecule has 8 nitrogen and oxygen atoms in total. The van der Waals surface area contributed by atoms with Crippen LogP contribution in [-0.4, -0.2) is 62.4 Å². The fraction of sp³-hybridized carbons (Fsp3) is 0.600. The summed E-state index contributed by atoms with van der Waals surface area (Å²) in [7, 11) is 1.64. The van der Waals surface area contributed by atoms with Gasteiger partial charge in [0.1, 0.15) is 11.6 Å². The van der Waals surface area contributed by atoms with E-state index in [2.05, 4.69) is 20.9 Å². The number of anilines is 3. The van der Waals surface area contributed by atoms with Crippen molar-refractivity contribution in [1.29, 1.82) is 0 Å². The number of ether oxygens (including phenoxy) is 1. The van der Waals surface area contributed by atoms with E-state index in [1.54, 1.807) is 7.11 Å². The largest absolute Gasteiger partial charge is 0.495 e. The van der Waals surface area contributed by atoms with Crippen LogP contribution in [0.3, 0.4) is 0 Å². The first-order valence-electron chi connectivity index (χ1n) is 10.3. The minimum atomic E-state index is 0.407. The van der Waals surface area contributed by atoms with Crippen molar-refractivity contribution in [3.8, 4) is 5.75 Å². The van der Waals surface area contributed by atoms with Crippen LogP contribution < -0.4 is 31.3 Å². The number of nitrogens with two attached hydrogens (primary N) is 1. The van der Waals surface area contributed by atoms with Gasteiger partial charge in [-0.05, 0) is 57.5 Å². The molecule has 1 aromatic heterocycles. The highest BCUT2D eigenvalue weighted by molar-refractivity contribution is 5.94. The lowest BCUT2D eigenvalue weighted by Crippen LogP contribution is -2.38. The lowest BCUT2D eigenvalue weighted by Gasteiger charge is -2.28. The Morgan fingerprint density at radius 3 is 2.71 bits per heavy atom. The maximum absolute atomic E-state index is 6.17. The molecule has 0 bridgehead atoms. The van der Waals surface area contributed by atoms with Crippen LogP contribution in [0.25, 0.3) is 10.9 Å². The summed E-state index contributed by atoms with van der Waals surface area (Å²) < 4.78 is 5.44. The average molecular weight is 386 g/mol. The molecular formula is C20H31N7O. The third kappa shape index (κ3) is 4.23. The summed E-state index contributed by atoms with van der Waals surface area (Å²) in [4.78, 5) is 12.1. The Balaban J connectivity index is 1.73. The maximum atomic E-state index is 6.17. The van der Waals surface area contributed by atoms with Crippen molar-refractivity contribution in [2.24, 2.45) is 0 Å². The van der Waals surface area contributed by atoms with Gasteiger partial charge in [-0.1, -0.05) is 0 Å². The second-order valence-corrected chi connectivity index (χ2v) is 7.60. The summed E-state index contributed by atoms with van der Waals surface area (Å²) in [5, 5.41) is 11.5. The summed E-state index contributed by atoms with van der Waals surface area (Å²) in [5.41, 5.74) is 7.62. The van der Waals surface area contributed by atoms with Crippen LogP contribution in [-0.2, 0) is 0 Å². The summed E-state index contributed by atoms with van der Waals surface area (Å²) in [6.45, 7) is 5.98. The molecule has 1 aromatic carbocycles. The van der Waals surface area contributed by atoms with Gasteiger partial charge in [0.05, 0.1) is 18.3 Å². The van der Waals surface area contributed by atoms with Gasteiger partial charge in [0, 0.05) is 31.1 Å². The number of hydrogen-bond donors (Lipinski definition) is 4. The zero-order valence-electron chi connectivity index (χ0n) is 16.6. The number of hydrogen-bond acceptors (Lipinski definition) is 8. The molecule has 2 aromatic rings. The van der Waals surface area contributed by atoms with E-state index in [4.69, 9.17) is 20.4 Å². The fourth-order valence-corrected chi connectivity index (χ4v) is 3.95. The number of piperidine rings is 1. The number of nitrogens with one attached hydrogen (secondary N) is 3. The molecule has 2 aliphatic heterocycles. The van der Waals surface area contributed by atoms with E-state index in [1.807, 2.05) is 12.1 Å². The lowest BCUT2D eigenvalue weighted by molar-refractivity contribution is 0.417. The van der Waals surface area contributed by atoms with Crippen LogP contribution >= 0.6 is 0 Å². The van der Waals surface area contributed by atoms with Crippen LogP contribution in [0.15, 0.2) is 12.1 Å². The number of nitrogens with zero attached hydrogens (tertiary/aromatic N) is 3. The third-order valence-electron chi connectivity index (χ3n) is 5.59. The average Bonchev–Trinajstić information content (AvgIpc) is 2.68. The topological polar surface area (TPSA) is 100 Å². The Hall–Kier alpha value is -2.32. The highest BCUT2D eigenvalue weighted by Crippen LogP contribution is 2.32. The number of nitrogen functional groups attached to an aromatic ring is 1. The molecule has 5 N–H and O–H groups in total. The molecule has 0 atom stereocenters. The number of fused-ring (bicyclic) bond motifs is 1. The van der Waals surface area contributed by atoms with Crippen molar-refractivity contribution < 1.29 is 4.74 Å². The summed E-state index contributed by atoms with van der Waals surface area (Å²) >= 11 is 0. The predicted octanol–water partition coefficient (Wildman–Crippen LogP) is 1.57. The van der Waals surface area contributed by atoms with Gasteiger partial charge in [-0.25, -0.2) is 4.98 Å². The lowest BCUT2D eigenvalue weighted by atomic mass is 10.1. The van der Waals surface area contributed by atoms with Crippen LogP contribution in [0.2, 0.25) is 0 Å². The normalized spacial score (nSPS) is 19.2. The van der Waals surface area contributed by atoms with Crippen molar-refractivity contribution in [3.63, 3.8) is 0 Å². The van der Waals surface area contributed by atoms with Crippen LogP contribution in [0.1, 0.15) is 25.7 Å². The van der Waals surface area contributed by atoms with E-state index in [0.717, 1.165) is 81.2 Å². The quantitative estimate of drug-likeness (QED) is 0.589. The van der Waals surface area contributed by atoms with E-state index in [9.17, 15) is 0 Å². The van der Waals surface area contributed by atoms with Gasteiger partial charge in [-0.2, -0.15) is 4.98 Å². The first-order chi connectivity index (χ1) is 13.7. The maximum Gasteiger partial charge on any atom is 0.227 e. The third-order valence-corrected chi connectivity index (χ3v) is 5.59. The van der Waals surface area contributed by atoms with Crippen LogP contribution in [0, 0.1) is 0 Å². The smallest absolute Gasteiger partial charge is 0.227 e. The van der Waals surface area contributed by atoms with Gasteiger partial charge >= 0.3 is 0 Å². The number of benzene rings is 1. The minimum Gasteiger partial charge on any atom is -0.495 e. The predicted molar refractivity (Wildman–Crippen MR) is 114 cm³/mol. The highest BCUT2D eigenvalue weighted by Gasteiger charge is 2.19. The molecule has 0 amide bonds. The number of aromatic nitrogens is 2. The molecule has 2 fully saturated rings. The second kappa shape index (κ2) is 8.79. The first-order valence-corrected chi connectivity index (χ1v) is 10.3. The molecule has 0 radical (unpaired) electrons. The molecule has 0 saturated carbocycles. The molecule has 3 heterocycles. The van der Waals surface area contributed by atoms with Crippen molar-refractivity contribution in [3.05, 3.63) is 12.1 Å². The zero-order valence-corrected chi connectivity index (χ0v) is 16.6. The molecule has 2 aliphatic rings. The monoisotopic (exact) mass is 385 g/mol. The fourth-order valence-electron chi connectivity index (χ4n) is 3.95. The first kappa shape index (κ1) is 19.0.